The van der Waals surface area contributed by atoms with Crippen LogP contribution in [0.1, 0.15) is 70.6 Å². The van der Waals surface area contributed by atoms with Gasteiger partial charge >= 0.3 is 12.0 Å². The minimum Gasteiger partial charge on any atom is -0.467 e. The zero-order valence-corrected chi connectivity index (χ0v) is 15.9. The van der Waals surface area contributed by atoms with E-state index >= 15 is 0 Å². The molecule has 4 rings (SSSR count). The molecule has 0 aliphatic heterocycles. The van der Waals surface area contributed by atoms with Crippen LogP contribution in [0, 0.1) is 17.8 Å². The van der Waals surface area contributed by atoms with Crippen LogP contribution in [-0.2, 0) is 9.53 Å². The lowest BCUT2D eigenvalue weighted by molar-refractivity contribution is -0.146. The first kappa shape index (κ1) is 19.4. The summed E-state index contributed by atoms with van der Waals surface area (Å²) in [6.07, 6.45) is 9.43. The van der Waals surface area contributed by atoms with Crippen LogP contribution < -0.4 is 5.73 Å². The third-order valence-corrected chi connectivity index (χ3v) is 6.89. The van der Waals surface area contributed by atoms with Crippen LogP contribution in [0.15, 0.2) is 0 Å². The Bertz CT molecular complexity index is 490. The number of rotatable bonds is 9. The second-order valence-electron chi connectivity index (χ2n) is 8.83. The summed E-state index contributed by atoms with van der Waals surface area (Å²) in [6.45, 7) is 0.706. The molecule has 26 heavy (non-hydrogen) atoms. The van der Waals surface area contributed by atoms with Crippen molar-refractivity contribution in [3.8, 4) is 0 Å². The summed E-state index contributed by atoms with van der Waals surface area (Å²) in [5.74, 6) is 1.56. The van der Waals surface area contributed by atoms with E-state index in [9.17, 15) is 14.0 Å². The van der Waals surface area contributed by atoms with E-state index in [4.69, 9.17) is 5.73 Å². The first-order valence-corrected chi connectivity index (χ1v) is 10.2. The normalized spacial score (nSPS) is 33.1. The van der Waals surface area contributed by atoms with Gasteiger partial charge in [-0.05, 0) is 75.5 Å². The molecule has 4 aliphatic rings. The van der Waals surface area contributed by atoms with Crippen molar-refractivity contribution in [3.05, 3.63) is 0 Å². The number of esters is 1. The maximum Gasteiger partial charge on any atom is 0.340 e. The number of nitrogens with two attached hydrogens (primary N) is 1. The van der Waals surface area contributed by atoms with Crippen LogP contribution in [0.25, 0.3) is 0 Å². The van der Waals surface area contributed by atoms with E-state index in [-0.39, 0.29) is 18.0 Å². The molecule has 0 spiro atoms. The number of alkyl halides is 1. The molecule has 4 aliphatic carbocycles. The molecule has 0 heterocycles. The van der Waals surface area contributed by atoms with Gasteiger partial charge in [-0.2, -0.15) is 0 Å². The Kier molecular flexibility index (Phi) is 6.08. The minimum absolute atomic E-state index is 0.00943. The van der Waals surface area contributed by atoms with Crippen molar-refractivity contribution in [1.82, 2.24) is 4.90 Å². The predicted octanol–water partition coefficient (Wildman–Crippen LogP) is 3.80. The number of carbonyl (C=O) groups is 2. The Morgan fingerprint density at radius 3 is 2.12 bits per heavy atom. The van der Waals surface area contributed by atoms with E-state index in [0.29, 0.717) is 13.0 Å². The molecule has 2 N–H and O–H groups in total. The van der Waals surface area contributed by atoms with Crippen LogP contribution in [0.2, 0.25) is 0 Å². The summed E-state index contributed by atoms with van der Waals surface area (Å²) in [4.78, 5) is 25.2. The number of hydrogen-bond donors (Lipinski definition) is 1. The van der Waals surface area contributed by atoms with Crippen LogP contribution in [-0.4, -0.2) is 42.3 Å². The van der Waals surface area contributed by atoms with E-state index in [1.807, 2.05) is 4.90 Å². The maximum absolute atomic E-state index is 13.4. The van der Waals surface area contributed by atoms with Gasteiger partial charge in [0.15, 0.2) is 6.17 Å². The molecule has 5 nitrogen and oxygen atoms in total. The van der Waals surface area contributed by atoms with Gasteiger partial charge in [0.05, 0.1) is 7.11 Å². The van der Waals surface area contributed by atoms with Crippen molar-refractivity contribution in [2.24, 2.45) is 23.5 Å². The molecular formula is C20H33FN2O3. The molecule has 2 amide bonds. The van der Waals surface area contributed by atoms with E-state index in [2.05, 4.69) is 4.74 Å². The second-order valence-corrected chi connectivity index (χ2v) is 8.83. The fraction of sp³-hybridized carbons (Fsp3) is 0.900. The van der Waals surface area contributed by atoms with Crippen molar-refractivity contribution < 1.29 is 18.7 Å². The average Bonchev–Trinajstić information content (AvgIpc) is 2.58. The Hall–Kier alpha value is -1.33. The largest absolute Gasteiger partial charge is 0.467 e. The Balaban J connectivity index is 1.44. The smallest absolute Gasteiger partial charge is 0.340 e. The second kappa shape index (κ2) is 8.13. The summed E-state index contributed by atoms with van der Waals surface area (Å²) < 4.78 is 17.8. The molecule has 148 valence electrons. The van der Waals surface area contributed by atoms with E-state index in [1.54, 1.807) is 0 Å². The molecule has 4 saturated carbocycles. The molecule has 0 aromatic carbocycles. The number of unbranched alkanes of at least 4 members (excludes halogenated alkanes) is 3. The molecule has 4 fully saturated rings. The van der Waals surface area contributed by atoms with E-state index in [1.165, 1.54) is 26.4 Å². The SMILES string of the molecule is COC(=O)C(F)CCCCCCN(C(N)=O)C12CC3CC(CC(C3)C1)C2. The summed E-state index contributed by atoms with van der Waals surface area (Å²) in [5, 5.41) is 0. The van der Waals surface area contributed by atoms with Gasteiger partial charge in [0.2, 0.25) is 0 Å². The van der Waals surface area contributed by atoms with Crippen LogP contribution in [0.5, 0.6) is 0 Å². The topological polar surface area (TPSA) is 72.6 Å². The number of carbonyl (C=O) groups excluding carboxylic acids is 2. The summed E-state index contributed by atoms with van der Waals surface area (Å²) in [7, 11) is 1.21. The number of ether oxygens (including phenoxy) is 1. The zero-order chi connectivity index (χ0) is 18.7. The quantitative estimate of drug-likeness (QED) is 0.497. The molecule has 6 heteroatoms. The maximum atomic E-state index is 13.4. The lowest BCUT2D eigenvalue weighted by Crippen LogP contribution is -2.62. The van der Waals surface area contributed by atoms with Gasteiger partial charge in [0.1, 0.15) is 0 Å². The zero-order valence-electron chi connectivity index (χ0n) is 15.9. The first-order chi connectivity index (χ1) is 12.4. The number of halogens is 1. The fourth-order valence-corrected chi connectivity index (χ4v) is 6.17. The van der Waals surface area contributed by atoms with Crippen LogP contribution >= 0.6 is 0 Å². The molecule has 0 radical (unpaired) electrons. The molecule has 1 unspecified atom stereocenters. The number of urea groups is 1. The van der Waals surface area contributed by atoms with Crippen molar-refractivity contribution in [1.29, 1.82) is 0 Å². The van der Waals surface area contributed by atoms with Crippen molar-refractivity contribution >= 4 is 12.0 Å². The number of primary amides is 1. The standard InChI is InChI=1S/C20H33FN2O3/c1-26-18(24)17(21)6-4-2-3-5-7-23(19(22)25)20-11-14-8-15(12-20)10-16(9-14)13-20/h14-17H,2-13H2,1H3,(H2,22,25). The van der Waals surface area contributed by atoms with Gasteiger partial charge in [-0.3, -0.25) is 0 Å². The highest BCUT2D eigenvalue weighted by Crippen LogP contribution is 2.57. The lowest BCUT2D eigenvalue weighted by Gasteiger charge is -2.60. The number of methoxy groups -OCH3 is 1. The highest BCUT2D eigenvalue weighted by atomic mass is 19.1. The lowest BCUT2D eigenvalue weighted by atomic mass is 9.52. The van der Waals surface area contributed by atoms with Crippen LogP contribution in [0.4, 0.5) is 9.18 Å². The molecule has 1 atom stereocenters. The Labute approximate surface area is 155 Å². The van der Waals surface area contributed by atoms with Gasteiger partial charge in [-0.25, -0.2) is 14.0 Å². The van der Waals surface area contributed by atoms with Gasteiger partial charge < -0.3 is 15.4 Å². The Morgan fingerprint density at radius 1 is 1.08 bits per heavy atom. The van der Waals surface area contributed by atoms with Gasteiger partial charge in [-0.15, -0.1) is 0 Å². The predicted molar refractivity (Wildman–Crippen MR) is 97.2 cm³/mol. The third-order valence-electron chi connectivity index (χ3n) is 6.89. The summed E-state index contributed by atoms with van der Waals surface area (Å²) in [6, 6.07) is -0.276. The van der Waals surface area contributed by atoms with Crippen LogP contribution in [0.3, 0.4) is 0 Å². The molecule has 0 aromatic rings. The highest BCUT2D eigenvalue weighted by Gasteiger charge is 2.54. The fourth-order valence-electron chi connectivity index (χ4n) is 6.17. The van der Waals surface area contributed by atoms with Gasteiger partial charge in [0.25, 0.3) is 0 Å². The third kappa shape index (κ3) is 4.15. The van der Waals surface area contributed by atoms with Crippen molar-refractivity contribution in [2.45, 2.75) is 82.3 Å². The number of amides is 2. The van der Waals surface area contributed by atoms with Crippen molar-refractivity contribution in [2.75, 3.05) is 13.7 Å². The summed E-state index contributed by atoms with van der Waals surface area (Å²) in [5.41, 5.74) is 5.78. The number of nitrogens with zero attached hydrogens (tertiary/aromatic N) is 1. The number of hydrogen-bond acceptors (Lipinski definition) is 3. The highest BCUT2D eigenvalue weighted by molar-refractivity contribution is 5.74. The molecular weight excluding hydrogens is 335 g/mol. The first-order valence-electron chi connectivity index (χ1n) is 10.2. The average molecular weight is 368 g/mol. The van der Waals surface area contributed by atoms with E-state index < -0.39 is 12.1 Å². The monoisotopic (exact) mass is 368 g/mol. The van der Waals surface area contributed by atoms with Gasteiger partial charge in [-0.1, -0.05) is 12.8 Å². The minimum atomic E-state index is -1.52. The molecule has 0 aromatic heterocycles. The van der Waals surface area contributed by atoms with Gasteiger partial charge in [0, 0.05) is 12.1 Å². The van der Waals surface area contributed by atoms with Crippen molar-refractivity contribution in [3.63, 3.8) is 0 Å². The van der Waals surface area contributed by atoms with E-state index in [0.717, 1.165) is 56.3 Å². The summed E-state index contributed by atoms with van der Waals surface area (Å²) >= 11 is 0. The Morgan fingerprint density at radius 2 is 1.62 bits per heavy atom. The molecule has 0 saturated heterocycles. The molecule has 4 bridgehead atoms.